The van der Waals surface area contributed by atoms with Gasteiger partial charge in [-0.05, 0) is 41.8 Å². The normalized spacial score (nSPS) is 11.4. The lowest BCUT2D eigenvalue weighted by molar-refractivity contribution is 0.201. The molecule has 13 nitrogen and oxygen atoms in total. The van der Waals surface area contributed by atoms with Crippen molar-refractivity contribution < 1.29 is 29.6 Å². The van der Waals surface area contributed by atoms with E-state index in [1.807, 2.05) is 13.8 Å². The number of carbonyl (C=O) groups is 1. The lowest BCUT2D eigenvalue weighted by Gasteiger charge is -2.19. The van der Waals surface area contributed by atoms with E-state index < -0.39 is 29.4 Å². The second-order valence-electron chi connectivity index (χ2n) is 9.31. The Balaban J connectivity index is 1.48. The van der Waals surface area contributed by atoms with Crippen LogP contribution in [0.2, 0.25) is 0 Å². The molecule has 3 aromatic heterocycles. The number of amides is 1. The number of H-pyrrole nitrogens is 1. The number of phenolic OH excluding ortho intramolecular Hbond substituents is 2. The fraction of sp³-hybridized carbons (Fsp3) is 0.192. The molecule has 0 aliphatic heterocycles. The first kappa shape index (κ1) is 26.2. The molecule has 0 spiro atoms. The Labute approximate surface area is 225 Å². The second kappa shape index (κ2) is 10.1. The molecule has 206 valence electrons. The van der Waals surface area contributed by atoms with Crippen molar-refractivity contribution in [2.24, 2.45) is 0 Å². The highest BCUT2D eigenvalue weighted by atomic mass is 19.1. The van der Waals surface area contributed by atoms with Crippen molar-refractivity contribution in [2.45, 2.75) is 26.3 Å². The smallest absolute Gasteiger partial charge is 0.413 e. The van der Waals surface area contributed by atoms with Gasteiger partial charge in [0.05, 0.1) is 11.3 Å². The molecule has 5 N–H and O–H groups in total. The van der Waals surface area contributed by atoms with Gasteiger partial charge < -0.3 is 30.0 Å². The number of hydrogen-bond acceptors (Lipinski definition) is 8. The van der Waals surface area contributed by atoms with Gasteiger partial charge in [0.2, 0.25) is 0 Å². The molecule has 40 heavy (non-hydrogen) atoms. The van der Waals surface area contributed by atoms with Crippen LogP contribution in [0.25, 0.3) is 28.0 Å². The van der Waals surface area contributed by atoms with Crippen LogP contribution < -0.4 is 10.6 Å². The van der Waals surface area contributed by atoms with E-state index >= 15 is 0 Å². The van der Waals surface area contributed by atoms with E-state index in [1.165, 1.54) is 10.6 Å². The molecule has 0 aliphatic rings. The molecule has 1 amide bonds. The average Bonchev–Trinajstić information content (AvgIpc) is 3.48. The molecule has 0 saturated carbocycles. The van der Waals surface area contributed by atoms with Crippen molar-refractivity contribution >= 4 is 22.8 Å². The van der Waals surface area contributed by atoms with Crippen LogP contribution in [-0.4, -0.2) is 62.4 Å². The number of anilines is 1. The summed E-state index contributed by atoms with van der Waals surface area (Å²) in [4.78, 5) is 29.4. The van der Waals surface area contributed by atoms with Crippen LogP contribution in [0.4, 0.5) is 15.0 Å². The van der Waals surface area contributed by atoms with Crippen LogP contribution in [0.3, 0.4) is 0 Å². The highest BCUT2D eigenvalue weighted by Crippen LogP contribution is 2.39. The Kier molecular flexibility index (Phi) is 6.59. The summed E-state index contributed by atoms with van der Waals surface area (Å²) in [6.07, 6.45) is 0.997. The number of phenols is 2. The van der Waals surface area contributed by atoms with E-state index in [0.717, 1.165) is 11.6 Å². The van der Waals surface area contributed by atoms with E-state index in [4.69, 9.17) is 0 Å². The summed E-state index contributed by atoms with van der Waals surface area (Å²) in [5, 5.41) is 49.4. The summed E-state index contributed by atoms with van der Waals surface area (Å²) in [6.45, 7) is 3.70. The van der Waals surface area contributed by atoms with E-state index in [1.54, 1.807) is 41.1 Å². The third-order valence-corrected chi connectivity index (χ3v) is 6.46. The van der Waals surface area contributed by atoms with E-state index in [9.17, 15) is 34.4 Å². The Morgan fingerprint density at radius 2 is 1.88 bits per heavy atom. The quantitative estimate of drug-likeness (QED) is 0.203. The molecular formula is C26H24FN7O6. The molecule has 0 unspecified atom stereocenters. The number of nitrogens with one attached hydrogen (secondary N) is 1. The number of rotatable bonds is 7. The van der Waals surface area contributed by atoms with Gasteiger partial charge in [-0.1, -0.05) is 18.9 Å². The minimum absolute atomic E-state index is 0.0488. The first-order chi connectivity index (χ1) is 19.0. The monoisotopic (exact) mass is 549 g/mol. The number of benzene rings is 2. The molecule has 0 fully saturated rings. The van der Waals surface area contributed by atoms with Crippen molar-refractivity contribution in [3.63, 3.8) is 0 Å². The molecule has 0 atom stereocenters. The van der Waals surface area contributed by atoms with Gasteiger partial charge in [-0.25, -0.2) is 18.5 Å². The third-order valence-electron chi connectivity index (χ3n) is 6.46. The van der Waals surface area contributed by atoms with E-state index in [-0.39, 0.29) is 41.9 Å². The predicted octanol–water partition coefficient (Wildman–Crippen LogP) is 3.54. The summed E-state index contributed by atoms with van der Waals surface area (Å²) in [6, 6.07) is 9.32. The second-order valence-corrected chi connectivity index (χ2v) is 9.31. The Hall–Kier alpha value is -5.40. The van der Waals surface area contributed by atoms with Gasteiger partial charge in [0.15, 0.2) is 17.5 Å². The fourth-order valence-corrected chi connectivity index (χ4v) is 4.51. The van der Waals surface area contributed by atoms with Crippen LogP contribution in [0, 0.1) is 5.82 Å². The molecule has 5 rings (SSSR count). The zero-order valence-electron chi connectivity index (χ0n) is 21.3. The average molecular weight is 550 g/mol. The summed E-state index contributed by atoms with van der Waals surface area (Å²) in [5.41, 5.74) is 1.15. The molecule has 14 heteroatoms. The zero-order valence-corrected chi connectivity index (χ0v) is 21.3. The van der Waals surface area contributed by atoms with Gasteiger partial charge in [0, 0.05) is 42.5 Å². The van der Waals surface area contributed by atoms with Crippen LogP contribution in [0.1, 0.15) is 25.3 Å². The molecule has 0 aliphatic carbocycles. The molecule has 3 heterocycles. The molecule has 0 bridgehead atoms. The topological polar surface area (TPSA) is 183 Å². The van der Waals surface area contributed by atoms with Crippen molar-refractivity contribution in [1.29, 1.82) is 0 Å². The number of nitrogens with zero attached hydrogens (tertiary/aromatic N) is 6. The largest absolute Gasteiger partial charge is 0.508 e. The lowest BCUT2D eigenvalue weighted by Crippen LogP contribution is -2.35. The van der Waals surface area contributed by atoms with Crippen molar-refractivity contribution in [3.05, 3.63) is 70.7 Å². The molecule has 0 radical (unpaired) electrons. The Morgan fingerprint density at radius 1 is 1.10 bits per heavy atom. The minimum atomic E-state index is -1.47. The Bertz CT molecular complexity index is 1810. The van der Waals surface area contributed by atoms with Crippen LogP contribution in [0.5, 0.6) is 17.5 Å². The molecule has 0 saturated heterocycles. The van der Waals surface area contributed by atoms with Crippen molar-refractivity contribution in [2.75, 3.05) is 11.4 Å². The number of hydrogen-bond donors (Lipinski definition) is 5. The number of aromatic nitrogens is 6. The fourth-order valence-electron chi connectivity index (χ4n) is 4.51. The maximum Gasteiger partial charge on any atom is 0.413 e. The Morgan fingerprint density at radius 3 is 2.60 bits per heavy atom. The SMILES string of the molecule is CC(C)c1cc(-c2nnc(O)n2-c2ccc3c(ccn3CCN(C(=O)O)c3nc(=O)[nH]cc3F)c2)c(O)cc1O. The predicted molar refractivity (Wildman–Crippen MR) is 142 cm³/mol. The maximum atomic E-state index is 14.2. The first-order valence-corrected chi connectivity index (χ1v) is 12.1. The number of aromatic hydroxyl groups is 3. The summed E-state index contributed by atoms with van der Waals surface area (Å²) in [7, 11) is 0. The van der Waals surface area contributed by atoms with Gasteiger partial charge in [0.25, 0.3) is 0 Å². The van der Waals surface area contributed by atoms with Crippen LogP contribution >= 0.6 is 0 Å². The number of aromatic amines is 1. The number of halogens is 1. The van der Waals surface area contributed by atoms with Crippen molar-refractivity contribution in [1.82, 2.24) is 29.3 Å². The maximum absolute atomic E-state index is 14.2. The minimum Gasteiger partial charge on any atom is -0.508 e. The number of carboxylic acid groups (broad SMARTS) is 1. The van der Waals surface area contributed by atoms with Gasteiger partial charge >= 0.3 is 17.8 Å². The summed E-state index contributed by atoms with van der Waals surface area (Å²) >= 11 is 0. The van der Waals surface area contributed by atoms with Crippen molar-refractivity contribution in [3.8, 4) is 34.6 Å². The third kappa shape index (κ3) is 4.66. The number of fused-ring (bicyclic) bond motifs is 1. The molecule has 2 aromatic carbocycles. The zero-order chi connectivity index (χ0) is 28.7. The molecular weight excluding hydrogens is 525 g/mol. The van der Waals surface area contributed by atoms with Gasteiger partial charge in [-0.15, -0.1) is 5.10 Å². The van der Waals surface area contributed by atoms with Crippen LogP contribution in [0.15, 0.2) is 53.6 Å². The van der Waals surface area contributed by atoms with Gasteiger partial charge in [0.1, 0.15) is 11.5 Å². The van der Waals surface area contributed by atoms with Gasteiger partial charge in [-0.2, -0.15) is 4.98 Å². The first-order valence-electron chi connectivity index (χ1n) is 12.1. The summed E-state index contributed by atoms with van der Waals surface area (Å²) in [5.74, 6) is -1.77. The van der Waals surface area contributed by atoms with E-state index in [0.29, 0.717) is 21.7 Å². The van der Waals surface area contributed by atoms with E-state index in [2.05, 4.69) is 20.2 Å². The van der Waals surface area contributed by atoms with Gasteiger partial charge in [-0.3, -0.25) is 4.90 Å². The highest BCUT2D eigenvalue weighted by molar-refractivity contribution is 5.85. The molecule has 5 aromatic rings. The highest BCUT2D eigenvalue weighted by Gasteiger charge is 2.23. The summed E-state index contributed by atoms with van der Waals surface area (Å²) < 4.78 is 17.3. The van der Waals surface area contributed by atoms with Crippen LogP contribution in [-0.2, 0) is 6.54 Å². The lowest BCUT2D eigenvalue weighted by atomic mass is 9.98. The standard InChI is InChI=1S/C26H24FN7O6/c1-13(2)16-10-17(21(36)11-20(16)35)22-30-31-25(38)34(22)15-3-4-19-14(9-15)5-6-32(19)7-8-33(26(39)40)23-18(27)12-28-24(37)29-23/h3-6,9-13,35-36H,7-8H2,1-2H3,(H,31,38)(H,39,40)(H,28,29,37).